The molecule has 1 saturated carbocycles. The molecule has 1 aliphatic carbocycles. The molecule has 5 nitrogen and oxygen atoms in total. The predicted molar refractivity (Wildman–Crippen MR) is 88.6 cm³/mol. The van der Waals surface area contributed by atoms with Gasteiger partial charge in [-0.1, -0.05) is 30.3 Å². The molecule has 0 spiro atoms. The van der Waals surface area contributed by atoms with Crippen molar-refractivity contribution in [3.8, 4) is 0 Å². The number of hydrogen-bond acceptors (Lipinski definition) is 3. The SMILES string of the molecule is Cc1occc1C(=O)N[C@@H]1CC(=O)N([C@@H]2C[C@H]2c2ccccc2)C1. The predicted octanol–water partition coefficient (Wildman–Crippen LogP) is 2.47. The quantitative estimate of drug-likeness (QED) is 0.940. The number of aryl methyl sites for hydroxylation is 1. The van der Waals surface area contributed by atoms with Gasteiger partial charge >= 0.3 is 0 Å². The van der Waals surface area contributed by atoms with E-state index in [0.717, 1.165) is 6.42 Å². The molecule has 124 valence electrons. The molecular formula is C19H20N2O3. The van der Waals surface area contributed by atoms with Gasteiger partial charge in [0.2, 0.25) is 5.91 Å². The molecule has 5 heteroatoms. The van der Waals surface area contributed by atoms with Gasteiger partial charge in [-0.05, 0) is 25.0 Å². The highest BCUT2D eigenvalue weighted by Gasteiger charge is 2.48. The van der Waals surface area contributed by atoms with E-state index in [0.29, 0.717) is 30.2 Å². The number of carbonyl (C=O) groups excluding carboxylic acids is 2. The Morgan fingerprint density at radius 2 is 2.04 bits per heavy atom. The maximum absolute atomic E-state index is 12.3. The second-order valence-electron chi connectivity index (χ2n) is 6.63. The summed E-state index contributed by atoms with van der Waals surface area (Å²) in [7, 11) is 0. The normalized spacial score (nSPS) is 25.8. The van der Waals surface area contributed by atoms with Crippen LogP contribution in [-0.2, 0) is 4.79 Å². The van der Waals surface area contributed by atoms with Crippen molar-refractivity contribution < 1.29 is 14.0 Å². The summed E-state index contributed by atoms with van der Waals surface area (Å²) in [5, 5.41) is 2.96. The van der Waals surface area contributed by atoms with Gasteiger partial charge in [-0.15, -0.1) is 0 Å². The molecule has 0 bridgehead atoms. The van der Waals surface area contributed by atoms with Crippen LogP contribution in [0.25, 0.3) is 0 Å². The van der Waals surface area contributed by atoms with Gasteiger partial charge in [-0.25, -0.2) is 0 Å². The molecular weight excluding hydrogens is 304 g/mol. The summed E-state index contributed by atoms with van der Waals surface area (Å²) in [5.41, 5.74) is 1.83. The highest BCUT2D eigenvalue weighted by atomic mass is 16.3. The molecule has 24 heavy (non-hydrogen) atoms. The Hall–Kier alpha value is -2.56. The lowest BCUT2D eigenvalue weighted by molar-refractivity contribution is -0.128. The van der Waals surface area contributed by atoms with E-state index in [2.05, 4.69) is 17.4 Å². The number of furan rings is 1. The van der Waals surface area contributed by atoms with Crippen LogP contribution in [-0.4, -0.2) is 35.3 Å². The first kappa shape index (κ1) is 15.0. The zero-order chi connectivity index (χ0) is 16.7. The van der Waals surface area contributed by atoms with Crippen LogP contribution in [0.3, 0.4) is 0 Å². The van der Waals surface area contributed by atoms with E-state index in [1.54, 1.807) is 13.0 Å². The number of carbonyl (C=O) groups is 2. The van der Waals surface area contributed by atoms with Crippen molar-refractivity contribution in [1.29, 1.82) is 0 Å². The van der Waals surface area contributed by atoms with E-state index in [9.17, 15) is 9.59 Å². The van der Waals surface area contributed by atoms with E-state index < -0.39 is 0 Å². The molecule has 4 rings (SSSR count). The molecule has 1 aromatic heterocycles. The maximum Gasteiger partial charge on any atom is 0.255 e. The van der Waals surface area contributed by atoms with Crippen LogP contribution in [0.5, 0.6) is 0 Å². The topological polar surface area (TPSA) is 62.6 Å². The molecule has 0 unspecified atom stereocenters. The number of likely N-dealkylation sites (tertiary alicyclic amines) is 1. The summed E-state index contributed by atoms with van der Waals surface area (Å²) in [5.74, 6) is 0.990. The van der Waals surface area contributed by atoms with Gasteiger partial charge in [0.1, 0.15) is 5.76 Å². The van der Waals surface area contributed by atoms with Crippen LogP contribution in [0.4, 0.5) is 0 Å². The molecule has 0 radical (unpaired) electrons. The van der Waals surface area contributed by atoms with Crippen molar-refractivity contribution in [2.45, 2.75) is 37.8 Å². The summed E-state index contributed by atoms with van der Waals surface area (Å²) in [6, 6.07) is 12.1. The Labute approximate surface area is 140 Å². The third-order valence-corrected chi connectivity index (χ3v) is 4.98. The fourth-order valence-electron chi connectivity index (χ4n) is 3.62. The molecule has 1 N–H and O–H groups in total. The van der Waals surface area contributed by atoms with Gasteiger partial charge in [0.15, 0.2) is 0 Å². The number of nitrogens with one attached hydrogen (secondary N) is 1. The van der Waals surface area contributed by atoms with Crippen molar-refractivity contribution in [3.63, 3.8) is 0 Å². The third-order valence-electron chi connectivity index (χ3n) is 4.98. The zero-order valence-electron chi connectivity index (χ0n) is 13.6. The first-order valence-electron chi connectivity index (χ1n) is 8.33. The Kier molecular flexibility index (Phi) is 3.63. The largest absolute Gasteiger partial charge is 0.469 e. The summed E-state index contributed by atoms with van der Waals surface area (Å²) in [6.07, 6.45) is 2.89. The van der Waals surface area contributed by atoms with Crippen LogP contribution in [0.15, 0.2) is 47.1 Å². The molecule has 1 saturated heterocycles. The summed E-state index contributed by atoms with van der Waals surface area (Å²) in [4.78, 5) is 26.5. The van der Waals surface area contributed by atoms with Crippen LogP contribution in [0, 0.1) is 6.92 Å². The van der Waals surface area contributed by atoms with Crippen LogP contribution >= 0.6 is 0 Å². The third kappa shape index (κ3) is 2.70. The standard InChI is InChI=1S/C19H20N2O3/c1-12-15(7-8-24-12)19(23)20-14-9-18(22)21(11-14)17-10-16(17)13-5-3-2-4-6-13/h2-8,14,16-17H,9-11H2,1H3,(H,20,23)/t14-,16+,17-/m1/s1. The van der Waals surface area contributed by atoms with Crippen molar-refractivity contribution in [2.24, 2.45) is 0 Å². The summed E-state index contributed by atoms with van der Waals surface area (Å²) >= 11 is 0. The summed E-state index contributed by atoms with van der Waals surface area (Å²) in [6.45, 7) is 2.35. The smallest absolute Gasteiger partial charge is 0.255 e. The number of nitrogens with zero attached hydrogens (tertiary/aromatic N) is 1. The van der Waals surface area contributed by atoms with Gasteiger partial charge in [0.25, 0.3) is 5.91 Å². The first-order chi connectivity index (χ1) is 11.6. The molecule has 1 aromatic carbocycles. The second-order valence-corrected chi connectivity index (χ2v) is 6.63. The van der Waals surface area contributed by atoms with Gasteiger partial charge in [0, 0.05) is 24.9 Å². The number of rotatable bonds is 4. The number of benzene rings is 1. The molecule has 2 heterocycles. The molecule has 2 aliphatic rings. The van der Waals surface area contributed by atoms with Crippen molar-refractivity contribution in [2.75, 3.05) is 6.54 Å². The van der Waals surface area contributed by atoms with Crippen molar-refractivity contribution >= 4 is 11.8 Å². The number of hydrogen-bond donors (Lipinski definition) is 1. The van der Waals surface area contributed by atoms with Crippen LogP contribution in [0.1, 0.15) is 40.4 Å². The lowest BCUT2D eigenvalue weighted by atomic mass is 10.1. The zero-order valence-corrected chi connectivity index (χ0v) is 13.6. The highest BCUT2D eigenvalue weighted by Crippen LogP contribution is 2.45. The molecule has 2 aromatic rings. The molecule has 1 aliphatic heterocycles. The Balaban J connectivity index is 1.38. The van der Waals surface area contributed by atoms with E-state index >= 15 is 0 Å². The Morgan fingerprint density at radius 1 is 1.25 bits per heavy atom. The monoisotopic (exact) mass is 324 g/mol. The molecule has 3 atom stereocenters. The first-order valence-corrected chi connectivity index (χ1v) is 8.33. The van der Waals surface area contributed by atoms with Crippen LogP contribution < -0.4 is 5.32 Å². The highest BCUT2D eigenvalue weighted by molar-refractivity contribution is 5.95. The van der Waals surface area contributed by atoms with E-state index in [4.69, 9.17) is 4.42 Å². The lowest BCUT2D eigenvalue weighted by Crippen LogP contribution is -2.37. The van der Waals surface area contributed by atoms with E-state index in [-0.39, 0.29) is 23.9 Å². The van der Waals surface area contributed by atoms with Crippen LogP contribution in [0.2, 0.25) is 0 Å². The minimum atomic E-state index is -0.170. The van der Waals surface area contributed by atoms with E-state index in [1.807, 2.05) is 23.1 Å². The van der Waals surface area contributed by atoms with Gasteiger partial charge < -0.3 is 14.6 Å². The fourth-order valence-corrected chi connectivity index (χ4v) is 3.62. The van der Waals surface area contributed by atoms with E-state index in [1.165, 1.54) is 11.8 Å². The van der Waals surface area contributed by atoms with Gasteiger partial charge in [-0.2, -0.15) is 0 Å². The molecule has 2 fully saturated rings. The van der Waals surface area contributed by atoms with Gasteiger partial charge in [0.05, 0.1) is 17.9 Å². The summed E-state index contributed by atoms with van der Waals surface area (Å²) < 4.78 is 5.17. The minimum absolute atomic E-state index is 0.128. The fraction of sp³-hybridized carbons (Fsp3) is 0.368. The average Bonchev–Trinajstić information content (AvgIpc) is 3.12. The van der Waals surface area contributed by atoms with Crippen molar-refractivity contribution in [1.82, 2.24) is 10.2 Å². The lowest BCUT2D eigenvalue weighted by Gasteiger charge is -2.17. The molecule has 2 amide bonds. The Bertz CT molecular complexity index is 768. The maximum atomic E-state index is 12.3. The minimum Gasteiger partial charge on any atom is -0.469 e. The Morgan fingerprint density at radius 3 is 2.75 bits per heavy atom. The van der Waals surface area contributed by atoms with Crippen molar-refractivity contribution in [3.05, 3.63) is 59.5 Å². The number of amides is 2. The average molecular weight is 324 g/mol. The second kappa shape index (κ2) is 5.82. The van der Waals surface area contributed by atoms with Gasteiger partial charge in [-0.3, -0.25) is 9.59 Å².